The summed E-state index contributed by atoms with van der Waals surface area (Å²) in [6, 6.07) is 5.24. The van der Waals surface area contributed by atoms with Crippen molar-refractivity contribution in [3.05, 3.63) is 24.1 Å². The lowest BCUT2D eigenvalue weighted by molar-refractivity contribution is -0.150. The molecule has 0 unspecified atom stereocenters. The molecule has 0 saturated carbocycles. The monoisotopic (exact) mass is 346 g/mol. The van der Waals surface area contributed by atoms with Gasteiger partial charge in [0, 0.05) is 12.1 Å². The van der Waals surface area contributed by atoms with Crippen LogP contribution in [0, 0.1) is 5.41 Å². The standard InChI is InChI=1S/C18H22N2O5/c1-18(2,3)9-15-20-11-8-10(4-5-12(11)25-15)19-16(21)13-6-7-14(24-13)17(22)23/h4-5,8,13-14H,6-7,9H2,1-3H3,(H,19,21)(H,22,23)/t13-,14+/m0/s1. The Bertz CT molecular complexity index is 805. The minimum absolute atomic E-state index is 0.0679. The van der Waals surface area contributed by atoms with Crippen LogP contribution in [0.3, 0.4) is 0 Å². The lowest BCUT2D eigenvalue weighted by Gasteiger charge is -2.14. The molecule has 1 aromatic carbocycles. The number of benzene rings is 1. The fraction of sp³-hybridized carbons (Fsp3) is 0.500. The Morgan fingerprint density at radius 3 is 2.64 bits per heavy atom. The molecule has 1 aliphatic rings. The molecule has 1 aliphatic heterocycles. The number of oxazole rings is 1. The van der Waals surface area contributed by atoms with Crippen molar-refractivity contribution in [2.24, 2.45) is 5.41 Å². The first-order chi connectivity index (χ1) is 11.7. The molecule has 0 radical (unpaired) electrons. The molecule has 3 rings (SSSR count). The molecule has 2 aromatic rings. The average Bonchev–Trinajstić information content (AvgIpc) is 3.10. The summed E-state index contributed by atoms with van der Waals surface area (Å²) in [5.41, 5.74) is 1.99. The van der Waals surface area contributed by atoms with Gasteiger partial charge in [-0.15, -0.1) is 0 Å². The Labute approximate surface area is 145 Å². The third-order valence-electron chi connectivity index (χ3n) is 3.97. The highest BCUT2D eigenvalue weighted by molar-refractivity contribution is 5.96. The molecule has 0 aliphatic carbocycles. The van der Waals surface area contributed by atoms with Crippen molar-refractivity contribution in [2.75, 3.05) is 5.32 Å². The zero-order chi connectivity index (χ0) is 18.2. The van der Waals surface area contributed by atoms with Gasteiger partial charge < -0.3 is 19.6 Å². The maximum Gasteiger partial charge on any atom is 0.332 e. The number of aliphatic carboxylic acids is 1. The summed E-state index contributed by atoms with van der Waals surface area (Å²) in [6.07, 6.45) is -0.203. The number of rotatable bonds is 4. The second kappa shape index (κ2) is 6.48. The van der Waals surface area contributed by atoms with Gasteiger partial charge in [-0.25, -0.2) is 9.78 Å². The number of nitrogens with one attached hydrogen (secondary N) is 1. The SMILES string of the molecule is CC(C)(C)Cc1nc2cc(NC(=O)[C@@H]3CC[C@H](C(=O)O)O3)ccc2o1. The molecule has 2 atom stereocenters. The van der Waals surface area contributed by atoms with Crippen LogP contribution in [0.25, 0.3) is 11.1 Å². The molecule has 25 heavy (non-hydrogen) atoms. The highest BCUT2D eigenvalue weighted by Crippen LogP contribution is 2.26. The summed E-state index contributed by atoms with van der Waals surface area (Å²) in [5.74, 6) is -0.721. The number of anilines is 1. The van der Waals surface area contributed by atoms with Crippen molar-refractivity contribution in [1.29, 1.82) is 0 Å². The number of hydrogen-bond donors (Lipinski definition) is 2. The number of ether oxygens (including phenoxy) is 1. The number of nitrogens with zero attached hydrogens (tertiary/aromatic N) is 1. The third kappa shape index (κ3) is 4.17. The Morgan fingerprint density at radius 2 is 2.00 bits per heavy atom. The van der Waals surface area contributed by atoms with Crippen LogP contribution < -0.4 is 5.32 Å². The van der Waals surface area contributed by atoms with Crippen LogP contribution in [0.2, 0.25) is 0 Å². The maximum absolute atomic E-state index is 12.2. The average molecular weight is 346 g/mol. The Morgan fingerprint density at radius 1 is 1.28 bits per heavy atom. The Kier molecular flexibility index (Phi) is 4.51. The predicted octanol–water partition coefficient (Wildman–Crippen LogP) is 2.99. The molecule has 1 aromatic heterocycles. The largest absolute Gasteiger partial charge is 0.479 e. The number of carboxylic acid groups (broad SMARTS) is 1. The first kappa shape index (κ1) is 17.4. The second-order valence-electron chi connectivity index (χ2n) is 7.55. The number of aromatic nitrogens is 1. The molecule has 2 heterocycles. The van der Waals surface area contributed by atoms with Gasteiger partial charge >= 0.3 is 5.97 Å². The zero-order valence-electron chi connectivity index (χ0n) is 14.5. The molecule has 2 N–H and O–H groups in total. The van der Waals surface area contributed by atoms with Gasteiger partial charge in [0.15, 0.2) is 17.6 Å². The van der Waals surface area contributed by atoms with Gasteiger partial charge in [-0.1, -0.05) is 20.8 Å². The van der Waals surface area contributed by atoms with E-state index >= 15 is 0 Å². The van der Waals surface area contributed by atoms with Crippen LogP contribution in [-0.4, -0.2) is 34.2 Å². The van der Waals surface area contributed by atoms with Gasteiger partial charge in [0.2, 0.25) is 0 Å². The minimum Gasteiger partial charge on any atom is -0.479 e. The van der Waals surface area contributed by atoms with E-state index in [-0.39, 0.29) is 11.3 Å². The lowest BCUT2D eigenvalue weighted by Crippen LogP contribution is -2.29. The van der Waals surface area contributed by atoms with Crippen molar-refractivity contribution in [3.8, 4) is 0 Å². The number of amides is 1. The maximum atomic E-state index is 12.2. The Hall–Kier alpha value is -2.41. The van der Waals surface area contributed by atoms with Gasteiger partial charge in [0.05, 0.1) is 0 Å². The van der Waals surface area contributed by atoms with E-state index in [1.165, 1.54) is 0 Å². The molecule has 1 fully saturated rings. The van der Waals surface area contributed by atoms with Gasteiger partial charge in [-0.05, 0) is 36.5 Å². The van der Waals surface area contributed by atoms with Crippen LogP contribution in [-0.2, 0) is 20.7 Å². The molecule has 7 nitrogen and oxygen atoms in total. The fourth-order valence-corrected chi connectivity index (χ4v) is 2.82. The van der Waals surface area contributed by atoms with E-state index in [2.05, 4.69) is 31.1 Å². The summed E-state index contributed by atoms with van der Waals surface area (Å²) in [7, 11) is 0. The summed E-state index contributed by atoms with van der Waals surface area (Å²) < 4.78 is 11.0. The number of fused-ring (bicyclic) bond motifs is 1. The topological polar surface area (TPSA) is 102 Å². The molecule has 0 bridgehead atoms. The summed E-state index contributed by atoms with van der Waals surface area (Å²) in [4.78, 5) is 27.6. The molecule has 1 amide bonds. The van der Waals surface area contributed by atoms with Crippen LogP contribution in [0.15, 0.2) is 22.6 Å². The number of carbonyl (C=O) groups excluding carboxylic acids is 1. The number of carbonyl (C=O) groups is 2. The molecular formula is C18H22N2O5. The molecular weight excluding hydrogens is 324 g/mol. The van der Waals surface area contributed by atoms with Gasteiger partial charge in [0.25, 0.3) is 5.91 Å². The van der Waals surface area contributed by atoms with E-state index in [9.17, 15) is 9.59 Å². The van der Waals surface area contributed by atoms with Crippen molar-refractivity contribution in [2.45, 2.75) is 52.2 Å². The summed E-state index contributed by atoms with van der Waals surface area (Å²) in [6.45, 7) is 6.33. The van der Waals surface area contributed by atoms with E-state index in [0.29, 0.717) is 35.5 Å². The van der Waals surface area contributed by atoms with Crippen LogP contribution in [0.4, 0.5) is 5.69 Å². The minimum atomic E-state index is -1.04. The van der Waals surface area contributed by atoms with Gasteiger partial charge in [0.1, 0.15) is 11.6 Å². The smallest absolute Gasteiger partial charge is 0.332 e. The van der Waals surface area contributed by atoms with Crippen molar-refractivity contribution >= 4 is 28.7 Å². The third-order valence-corrected chi connectivity index (χ3v) is 3.97. The highest BCUT2D eigenvalue weighted by atomic mass is 16.5. The zero-order valence-corrected chi connectivity index (χ0v) is 14.5. The van der Waals surface area contributed by atoms with E-state index in [1.54, 1.807) is 18.2 Å². The quantitative estimate of drug-likeness (QED) is 0.882. The lowest BCUT2D eigenvalue weighted by atomic mass is 9.92. The molecule has 134 valence electrons. The first-order valence-corrected chi connectivity index (χ1v) is 8.30. The highest BCUT2D eigenvalue weighted by Gasteiger charge is 2.34. The molecule has 1 saturated heterocycles. The van der Waals surface area contributed by atoms with Crippen molar-refractivity contribution in [1.82, 2.24) is 4.98 Å². The fourth-order valence-electron chi connectivity index (χ4n) is 2.82. The van der Waals surface area contributed by atoms with E-state index < -0.39 is 18.2 Å². The van der Waals surface area contributed by atoms with Gasteiger partial charge in [-0.2, -0.15) is 0 Å². The van der Waals surface area contributed by atoms with E-state index in [0.717, 1.165) is 6.42 Å². The first-order valence-electron chi connectivity index (χ1n) is 8.30. The van der Waals surface area contributed by atoms with Crippen LogP contribution in [0.1, 0.15) is 39.5 Å². The second-order valence-corrected chi connectivity index (χ2v) is 7.55. The van der Waals surface area contributed by atoms with Crippen molar-refractivity contribution < 1.29 is 23.8 Å². The summed E-state index contributed by atoms with van der Waals surface area (Å²) >= 11 is 0. The van der Waals surface area contributed by atoms with Crippen LogP contribution in [0.5, 0.6) is 0 Å². The number of carboxylic acids is 1. The van der Waals surface area contributed by atoms with Gasteiger partial charge in [-0.3, -0.25) is 4.79 Å². The Balaban J connectivity index is 1.69. The summed E-state index contributed by atoms with van der Waals surface area (Å²) in [5, 5.41) is 11.7. The number of hydrogen-bond acceptors (Lipinski definition) is 5. The predicted molar refractivity (Wildman–Crippen MR) is 91.3 cm³/mol. The van der Waals surface area contributed by atoms with Crippen molar-refractivity contribution in [3.63, 3.8) is 0 Å². The van der Waals surface area contributed by atoms with Crippen LogP contribution >= 0.6 is 0 Å². The molecule has 7 heteroatoms. The van der Waals surface area contributed by atoms with E-state index in [1.807, 2.05) is 0 Å². The van der Waals surface area contributed by atoms with E-state index in [4.69, 9.17) is 14.3 Å². The normalized spacial score (nSPS) is 20.8. The molecule has 0 spiro atoms.